The highest BCUT2D eigenvalue weighted by Crippen LogP contribution is 2.25. The first kappa shape index (κ1) is 14.6. The van der Waals surface area contributed by atoms with E-state index in [1.54, 1.807) is 6.07 Å². The molecule has 4 heteroatoms. The van der Waals surface area contributed by atoms with Crippen molar-refractivity contribution in [1.82, 2.24) is 0 Å². The molecule has 2 rings (SSSR count). The fourth-order valence-corrected chi connectivity index (χ4v) is 2.19. The zero-order valence-electron chi connectivity index (χ0n) is 11.4. The molecule has 2 aromatic carbocycles. The van der Waals surface area contributed by atoms with Gasteiger partial charge in [0, 0.05) is 0 Å². The normalized spacial score (nSPS) is 10.2. The van der Waals surface area contributed by atoms with E-state index in [4.69, 9.17) is 9.47 Å². The summed E-state index contributed by atoms with van der Waals surface area (Å²) < 4.78 is 11.4. The van der Waals surface area contributed by atoms with Crippen molar-refractivity contribution in [3.63, 3.8) is 0 Å². The first-order valence-electron chi connectivity index (χ1n) is 6.21. The Hall–Kier alpha value is -1.81. The van der Waals surface area contributed by atoms with E-state index in [1.807, 2.05) is 50.2 Å². The van der Waals surface area contributed by atoms with Crippen molar-refractivity contribution in [2.24, 2.45) is 0 Å². The van der Waals surface area contributed by atoms with Gasteiger partial charge in [0.05, 0.1) is 4.47 Å². The molecule has 2 aromatic rings. The van der Waals surface area contributed by atoms with Crippen molar-refractivity contribution in [2.75, 3.05) is 6.61 Å². The quantitative estimate of drug-likeness (QED) is 0.625. The molecule has 0 spiro atoms. The summed E-state index contributed by atoms with van der Waals surface area (Å²) in [6, 6.07) is 13.0. The van der Waals surface area contributed by atoms with Crippen LogP contribution in [0.1, 0.15) is 11.1 Å². The summed E-state index contributed by atoms with van der Waals surface area (Å²) in [6.07, 6.45) is 0. The van der Waals surface area contributed by atoms with E-state index in [9.17, 15) is 4.79 Å². The Balaban J connectivity index is 1.90. The number of carbonyl (C=O) groups excluding carboxylic acids is 1. The Labute approximate surface area is 126 Å². The van der Waals surface area contributed by atoms with Crippen LogP contribution in [0.15, 0.2) is 46.9 Å². The topological polar surface area (TPSA) is 35.5 Å². The highest BCUT2D eigenvalue weighted by Gasteiger charge is 2.09. The molecule has 0 saturated heterocycles. The zero-order chi connectivity index (χ0) is 14.5. The van der Waals surface area contributed by atoms with Crippen LogP contribution in [-0.2, 0) is 4.79 Å². The second-order valence-electron chi connectivity index (χ2n) is 4.51. The van der Waals surface area contributed by atoms with Crippen LogP contribution in [0.3, 0.4) is 0 Å². The van der Waals surface area contributed by atoms with E-state index in [1.165, 1.54) is 0 Å². The average molecular weight is 335 g/mol. The van der Waals surface area contributed by atoms with Crippen molar-refractivity contribution < 1.29 is 14.3 Å². The molecule has 0 aliphatic rings. The molecular formula is C16H15BrO3. The first-order chi connectivity index (χ1) is 9.54. The SMILES string of the molecule is Cc1ccc(OCC(=O)Oc2ccc(C)cc2Br)cc1. The number of ether oxygens (including phenoxy) is 2. The van der Waals surface area contributed by atoms with Gasteiger partial charge in [0.1, 0.15) is 11.5 Å². The van der Waals surface area contributed by atoms with Gasteiger partial charge in [0.25, 0.3) is 0 Å². The molecule has 104 valence electrons. The summed E-state index contributed by atoms with van der Waals surface area (Å²) in [5.41, 5.74) is 2.23. The summed E-state index contributed by atoms with van der Waals surface area (Å²) in [5.74, 6) is 0.707. The molecule has 0 bridgehead atoms. The van der Waals surface area contributed by atoms with E-state index in [2.05, 4.69) is 15.9 Å². The Kier molecular flexibility index (Phi) is 4.79. The highest BCUT2D eigenvalue weighted by atomic mass is 79.9. The first-order valence-corrected chi connectivity index (χ1v) is 7.00. The number of benzene rings is 2. The average Bonchev–Trinajstić information content (AvgIpc) is 2.41. The molecule has 0 saturated carbocycles. The highest BCUT2D eigenvalue weighted by molar-refractivity contribution is 9.10. The van der Waals surface area contributed by atoms with E-state index >= 15 is 0 Å². The second-order valence-corrected chi connectivity index (χ2v) is 5.36. The standard InChI is InChI=1S/C16H15BrO3/c1-11-3-6-13(7-4-11)19-10-16(18)20-15-8-5-12(2)9-14(15)17/h3-9H,10H2,1-2H3. The lowest BCUT2D eigenvalue weighted by atomic mass is 10.2. The lowest BCUT2D eigenvalue weighted by Crippen LogP contribution is -2.17. The van der Waals surface area contributed by atoms with Crippen LogP contribution in [0.25, 0.3) is 0 Å². The molecule has 3 nitrogen and oxygen atoms in total. The van der Waals surface area contributed by atoms with Gasteiger partial charge in [-0.3, -0.25) is 0 Å². The largest absolute Gasteiger partial charge is 0.482 e. The molecule has 0 fully saturated rings. The van der Waals surface area contributed by atoms with Crippen LogP contribution in [-0.4, -0.2) is 12.6 Å². The Morgan fingerprint density at radius 1 is 1.05 bits per heavy atom. The number of carbonyl (C=O) groups is 1. The van der Waals surface area contributed by atoms with Crippen LogP contribution in [0.4, 0.5) is 0 Å². The third-order valence-corrected chi connectivity index (χ3v) is 3.31. The smallest absolute Gasteiger partial charge is 0.349 e. The van der Waals surface area contributed by atoms with Gasteiger partial charge >= 0.3 is 5.97 Å². The Bertz CT molecular complexity index is 606. The number of hydrogen-bond acceptors (Lipinski definition) is 3. The lowest BCUT2D eigenvalue weighted by molar-refractivity contribution is -0.136. The third kappa shape index (κ3) is 4.10. The molecular weight excluding hydrogens is 320 g/mol. The van der Waals surface area contributed by atoms with Gasteiger partial charge in [0.15, 0.2) is 6.61 Å². The summed E-state index contributed by atoms with van der Waals surface area (Å²) in [5, 5.41) is 0. The predicted molar refractivity (Wildman–Crippen MR) is 81.2 cm³/mol. The molecule has 0 atom stereocenters. The number of esters is 1. The molecule has 20 heavy (non-hydrogen) atoms. The van der Waals surface area contributed by atoms with Gasteiger partial charge < -0.3 is 9.47 Å². The van der Waals surface area contributed by atoms with Crippen LogP contribution in [0, 0.1) is 13.8 Å². The maximum Gasteiger partial charge on any atom is 0.349 e. The van der Waals surface area contributed by atoms with Crippen molar-refractivity contribution >= 4 is 21.9 Å². The molecule has 0 aliphatic heterocycles. The summed E-state index contributed by atoms with van der Waals surface area (Å²) in [4.78, 5) is 11.7. The van der Waals surface area contributed by atoms with Crippen molar-refractivity contribution in [1.29, 1.82) is 0 Å². The Morgan fingerprint density at radius 3 is 2.35 bits per heavy atom. The van der Waals surface area contributed by atoms with E-state index in [0.717, 1.165) is 15.6 Å². The maximum absolute atomic E-state index is 11.7. The van der Waals surface area contributed by atoms with Gasteiger partial charge in [-0.25, -0.2) is 4.79 Å². The third-order valence-electron chi connectivity index (χ3n) is 2.69. The van der Waals surface area contributed by atoms with Gasteiger partial charge in [-0.15, -0.1) is 0 Å². The summed E-state index contributed by atoms with van der Waals surface area (Å²) in [7, 11) is 0. The van der Waals surface area contributed by atoms with Gasteiger partial charge in [-0.05, 0) is 59.6 Å². The van der Waals surface area contributed by atoms with Gasteiger partial charge in [-0.2, -0.15) is 0 Å². The van der Waals surface area contributed by atoms with Crippen LogP contribution in [0.2, 0.25) is 0 Å². The fraction of sp³-hybridized carbons (Fsp3) is 0.188. The minimum Gasteiger partial charge on any atom is -0.482 e. The minimum absolute atomic E-state index is 0.122. The summed E-state index contributed by atoms with van der Waals surface area (Å²) >= 11 is 3.36. The molecule has 0 radical (unpaired) electrons. The lowest BCUT2D eigenvalue weighted by Gasteiger charge is -2.08. The number of rotatable bonds is 4. The maximum atomic E-state index is 11.7. The zero-order valence-corrected chi connectivity index (χ0v) is 12.9. The molecule has 0 heterocycles. The minimum atomic E-state index is -0.435. The van der Waals surface area contributed by atoms with Crippen molar-refractivity contribution in [3.8, 4) is 11.5 Å². The molecule has 0 aliphatic carbocycles. The number of halogens is 1. The number of hydrogen-bond donors (Lipinski definition) is 0. The van der Waals surface area contributed by atoms with Crippen molar-refractivity contribution in [2.45, 2.75) is 13.8 Å². The molecule has 0 amide bonds. The Morgan fingerprint density at radius 2 is 1.70 bits per heavy atom. The summed E-state index contributed by atoms with van der Waals surface area (Å²) in [6.45, 7) is 3.84. The van der Waals surface area contributed by atoms with E-state index in [-0.39, 0.29) is 6.61 Å². The number of aryl methyl sites for hydroxylation is 2. The molecule has 0 aromatic heterocycles. The monoisotopic (exact) mass is 334 g/mol. The van der Waals surface area contributed by atoms with Crippen LogP contribution < -0.4 is 9.47 Å². The van der Waals surface area contributed by atoms with Crippen molar-refractivity contribution in [3.05, 3.63) is 58.1 Å². The molecule has 0 unspecified atom stereocenters. The molecule has 0 N–H and O–H groups in total. The van der Waals surface area contributed by atoms with Crippen LogP contribution >= 0.6 is 15.9 Å². The van der Waals surface area contributed by atoms with E-state index < -0.39 is 5.97 Å². The van der Waals surface area contributed by atoms with Gasteiger partial charge in [-0.1, -0.05) is 23.8 Å². The predicted octanol–water partition coefficient (Wildman–Crippen LogP) is 4.05. The fourth-order valence-electron chi connectivity index (χ4n) is 1.62. The van der Waals surface area contributed by atoms with Crippen LogP contribution in [0.5, 0.6) is 11.5 Å². The van der Waals surface area contributed by atoms with E-state index in [0.29, 0.717) is 11.5 Å². The van der Waals surface area contributed by atoms with Gasteiger partial charge in [0.2, 0.25) is 0 Å². The second kappa shape index (κ2) is 6.57.